The van der Waals surface area contributed by atoms with E-state index in [1.165, 1.54) is 23.5 Å². The number of carbonyl (C=O) groups excluding carboxylic acids is 1. The minimum absolute atomic E-state index is 0.111. The number of hydrogen-bond acceptors (Lipinski definition) is 6. The van der Waals surface area contributed by atoms with Gasteiger partial charge in [-0.15, -0.1) is 11.3 Å². The van der Waals surface area contributed by atoms with Crippen molar-refractivity contribution in [3.63, 3.8) is 0 Å². The highest BCUT2D eigenvalue weighted by atomic mass is 32.1. The molecule has 1 heterocycles. The molecule has 1 aromatic carbocycles. The molecule has 2 N–H and O–H groups in total. The van der Waals surface area contributed by atoms with E-state index in [0.29, 0.717) is 29.7 Å². The highest BCUT2D eigenvalue weighted by molar-refractivity contribution is 7.13. The zero-order valence-corrected chi connectivity index (χ0v) is 19.0. The smallest absolute Gasteiger partial charge is 0.350 e. The number of nitrogens with one attached hydrogen (secondary N) is 2. The number of rotatable bonds is 9. The molecule has 0 aliphatic carbocycles. The molecule has 0 aliphatic heterocycles. The van der Waals surface area contributed by atoms with E-state index in [4.69, 9.17) is 4.74 Å². The molecule has 0 radical (unpaired) electrons. The standard InChI is InChI=1S/C21H30FN5O2S/c1-6-29-20(28)18-14(2)25-19(30-18)15(3)26-21(23-4)24-11-12-27(5)13-16-7-9-17(22)10-8-16/h7-10,15H,6,11-13H2,1-5H3,(H2,23,24,26). The third kappa shape index (κ3) is 7.07. The molecule has 7 nitrogen and oxygen atoms in total. The van der Waals surface area contributed by atoms with Gasteiger partial charge in [0.05, 0.1) is 18.3 Å². The molecule has 0 saturated carbocycles. The van der Waals surface area contributed by atoms with Crippen LogP contribution in [0.1, 0.15) is 45.8 Å². The van der Waals surface area contributed by atoms with E-state index in [2.05, 4.69) is 25.5 Å². The first-order valence-electron chi connectivity index (χ1n) is 9.88. The van der Waals surface area contributed by atoms with Crippen LogP contribution in [-0.2, 0) is 11.3 Å². The maximum absolute atomic E-state index is 13.0. The highest BCUT2D eigenvalue weighted by Gasteiger charge is 2.20. The highest BCUT2D eigenvalue weighted by Crippen LogP contribution is 2.24. The summed E-state index contributed by atoms with van der Waals surface area (Å²) in [7, 11) is 3.72. The third-order valence-electron chi connectivity index (χ3n) is 4.37. The van der Waals surface area contributed by atoms with E-state index < -0.39 is 0 Å². The summed E-state index contributed by atoms with van der Waals surface area (Å²) >= 11 is 1.33. The maximum Gasteiger partial charge on any atom is 0.350 e. The molecule has 0 fully saturated rings. The number of guanidine groups is 1. The molecule has 1 unspecified atom stereocenters. The molecule has 1 aromatic heterocycles. The first-order chi connectivity index (χ1) is 14.3. The van der Waals surface area contributed by atoms with Crippen molar-refractivity contribution in [1.82, 2.24) is 20.5 Å². The number of halogens is 1. The van der Waals surface area contributed by atoms with Gasteiger partial charge in [0, 0.05) is 26.7 Å². The minimum atomic E-state index is -0.336. The Kier molecular flexibility index (Phi) is 9.19. The van der Waals surface area contributed by atoms with Crippen LogP contribution in [0.4, 0.5) is 4.39 Å². The fourth-order valence-corrected chi connectivity index (χ4v) is 3.76. The Hall–Kier alpha value is -2.52. The van der Waals surface area contributed by atoms with Gasteiger partial charge in [-0.25, -0.2) is 14.2 Å². The number of aliphatic imine (C=N–C) groups is 1. The lowest BCUT2D eigenvalue weighted by molar-refractivity contribution is 0.0531. The molecular weight excluding hydrogens is 405 g/mol. The van der Waals surface area contributed by atoms with Crippen LogP contribution < -0.4 is 10.6 Å². The molecular formula is C21H30FN5O2S. The summed E-state index contributed by atoms with van der Waals surface area (Å²) in [6.07, 6.45) is 0. The zero-order chi connectivity index (χ0) is 22.1. The predicted molar refractivity (Wildman–Crippen MR) is 118 cm³/mol. The van der Waals surface area contributed by atoms with Gasteiger partial charge in [-0.05, 0) is 45.5 Å². The molecule has 164 valence electrons. The Morgan fingerprint density at radius 1 is 1.37 bits per heavy atom. The summed E-state index contributed by atoms with van der Waals surface area (Å²) in [5, 5.41) is 7.38. The SMILES string of the molecule is CCOC(=O)c1sc(C(C)NC(=NC)NCCN(C)Cc2ccc(F)cc2)nc1C. The van der Waals surface area contributed by atoms with Gasteiger partial charge in [-0.3, -0.25) is 4.99 Å². The third-order valence-corrected chi connectivity index (χ3v) is 5.69. The summed E-state index contributed by atoms with van der Waals surface area (Å²) in [5.41, 5.74) is 1.74. The van der Waals surface area contributed by atoms with Crippen LogP contribution in [0.3, 0.4) is 0 Å². The molecule has 0 aliphatic rings. The molecule has 2 aromatic rings. The predicted octanol–water partition coefficient (Wildman–Crippen LogP) is 3.13. The number of nitrogens with zero attached hydrogens (tertiary/aromatic N) is 3. The molecule has 2 rings (SSSR count). The van der Waals surface area contributed by atoms with Crippen molar-refractivity contribution in [1.29, 1.82) is 0 Å². The molecule has 0 bridgehead atoms. The number of likely N-dealkylation sites (N-methyl/N-ethyl adjacent to an activating group) is 1. The molecule has 0 spiro atoms. The number of esters is 1. The van der Waals surface area contributed by atoms with Gasteiger partial charge in [0.15, 0.2) is 5.96 Å². The van der Waals surface area contributed by atoms with Crippen LogP contribution >= 0.6 is 11.3 Å². The number of hydrogen-bond donors (Lipinski definition) is 2. The van der Waals surface area contributed by atoms with Gasteiger partial charge < -0.3 is 20.3 Å². The van der Waals surface area contributed by atoms with Crippen molar-refractivity contribution >= 4 is 23.3 Å². The van der Waals surface area contributed by atoms with E-state index in [9.17, 15) is 9.18 Å². The second-order valence-corrected chi connectivity index (χ2v) is 7.95. The molecule has 9 heteroatoms. The van der Waals surface area contributed by atoms with Gasteiger partial charge in [0.2, 0.25) is 0 Å². The molecule has 1 atom stereocenters. The fourth-order valence-electron chi connectivity index (χ4n) is 2.80. The van der Waals surface area contributed by atoms with Crippen molar-refractivity contribution in [2.75, 3.05) is 33.8 Å². The Morgan fingerprint density at radius 3 is 2.70 bits per heavy atom. The average molecular weight is 436 g/mol. The quantitative estimate of drug-likeness (QED) is 0.358. The van der Waals surface area contributed by atoms with Gasteiger partial charge in [0.25, 0.3) is 0 Å². The van der Waals surface area contributed by atoms with Crippen LogP contribution in [0.25, 0.3) is 0 Å². The van der Waals surface area contributed by atoms with Gasteiger partial charge in [-0.1, -0.05) is 12.1 Å². The lowest BCUT2D eigenvalue weighted by Crippen LogP contribution is -2.41. The van der Waals surface area contributed by atoms with Crippen LogP contribution in [0.15, 0.2) is 29.3 Å². The van der Waals surface area contributed by atoms with Crippen molar-refractivity contribution in [2.45, 2.75) is 33.4 Å². The van der Waals surface area contributed by atoms with Crippen LogP contribution in [0, 0.1) is 12.7 Å². The van der Waals surface area contributed by atoms with E-state index in [1.807, 2.05) is 20.9 Å². The maximum atomic E-state index is 13.0. The van der Waals surface area contributed by atoms with Gasteiger partial charge >= 0.3 is 5.97 Å². The normalized spacial score (nSPS) is 12.7. The van der Waals surface area contributed by atoms with Crippen molar-refractivity contribution < 1.29 is 13.9 Å². The number of aromatic nitrogens is 1. The Morgan fingerprint density at radius 2 is 2.07 bits per heavy atom. The number of thiazole rings is 1. The minimum Gasteiger partial charge on any atom is -0.462 e. The summed E-state index contributed by atoms with van der Waals surface area (Å²) in [4.78, 5) is 23.4. The van der Waals surface area contributed by atoms with E-state index >= 15 is 0 Å². The number of ether oxygens (including phenoxy) is 1. The average Bonchev–Trinajstić information content (AvgIpc) is 3.11. The van der Waals surface area contributed by atoms with Crippen LogP contribution in [-0.4, -0.2) is 55.6 Å². The summed E-state index contributed by atoms with van der Waals surface area (Å²) in [5.74, 6) is 0.0951. The number of benzene rings is 1. The number of carbonyl (C=O) groups is 1. The largest absolute Gasteiger partial charge is 0.462 e. The molecule has 0 saturated heterocycles. The Bertz CT molecular complexity index is 854. The fraction of sp³-hybridized carbons (Fsp3) is 0.476. The number of aryl methyl sites for hydroxylation is 1. The molecule has 30 heavy (non-hydrogen) atoms. The second kappa shape index (κ2) is 11.6. The second-order valence-electron chi connectivity index (χ2n) is 6.92. The van der Waals surface area contributed by atoms with Gasteiger partial charge in [0.1, 0.15) is 15.7 Å². The molecule has 0 amide bonds. The topological polar surface area (TPSA) is 78.8 Å². The van der Waals surface area contributed by atoms with Gasteiger partial charge in [-0.2, -0.15) is 0 Å². The van der Waals surface area contributed by atoms with E-state index in [-0.39, 0.29) is 17.8 Å². The van der Waals surface area contributed by atoms with Crippen molar-refractivity contribution in [3.8, 4) is 0 Å². The first-order valence-corrected chi connectivity index (χ1v) is 10.7. The lowest BCUT2D eigenvalue weighted by atomic mass is 10.2. The Balaban J connectivity index is 1.83. The lowest BCUT2D eigenvalue weighted by Gasteiger charge is -2.20. The van der Waals surface area contributed by atoms with Crippen molar-refractivity contribution in [3.05, 3.63) is 51.2 Å². The Labute approximate surface area is 181 Å². The summed E-state index contributed by atoms with van der Waals surface area (Å²) < 4.78 is 18.1. The van der Waals surface area contributed by atoms with Crippen molar-refractivity contribution in [2.24, 2.45) is 4.99 Å². The van der Waals surface area contributed by atoms with E-state index in [1.54, 1.807) is 26.1 Å². The van der Waals surface area contributed by atoms with Crippen LogP contribution in [0.2, 0.25) is 0 Å². The summed E-state index contributed by atoms with van der Waals surface area (Å²) in [6.45, 7) is 8.12. The van der Waals surface area contributed by atoms with E-state index in [0.717, 1.165) is 23.7 Å². The monoisotopic (exact) mass is 435 g/mol. The summed E-state index contributed by atoms with van der Waals surface area (Å²) in [6, 6.07) is 6.43. The van der Waals surface area contributed by atoms with Crippen LogP contribution in [0.5, 0.6) is 0 Å². The first kappa shape index (κ1) is 23.8. The zero-order valence-electron chi connectivity index (χ0n) is 18.2.